The van der Waals surface area contributed by atoms with Gasteiger partial charge in [0.05, 0.1) is 17.5 Å². The summed E-state index contributed by atoms with van der Waals surface area (Å²) in [6.45, 7) is 0. The standard InChI is InChI=1S/C14H10Br2N2O3/c15-10-5-9(13(19)12(16)6-10)7-17-18-11-3-1-8(2-4-11)14(20)21/h1-7,18-19H,(H,20,21)/p-1/b17-7+. The van der Waals surface area contributed by atoms with Gasteiger partial charge < -0.3 is 10.2 Å². The molecule has 0 saturated carbocycles. The first-order valence-electron chi connectivity index (χ1n) is 5.76. The highest BCUT2D eigenvalue weighted by Crippen LogP contribution is 2.28. The normalized spacial score (nSPS) is 10.8. The fourth-order valence-corrected chi connectivity index (χ4v) is 2.80. The molecule has 108 valence electrons. The van der Waals surface area contributed by atoms with Crippen molar-refractivity contribution < 1.29 is 15.0 Å². The van der Waals surface area contributed by atoms with Gasteiger partial charge in [-0.25, -0.2) is 4.79 Å². The van der Waals surface area contributed by atoms with Gasteiger partial charge in [-0.2, -0.15) is 5.10 Å². The number of carboxylic acid groups (broad SMARTS) is 1. The monoisotopic (exact) mass is 411 g/mol. The van der Waals surface area contributed by atoms with Crippen molar-refractivity contribution >= 4 is 49.7 Å². The molecule has 0 aliphatic rings. The fraction of sp³-hybridized carbons (Fsp3) is 0. The molecule has 0 aliphatic carbocycles. The molecule has 0 saturated heterocycles. The van der Waals surface area contributed by atoms with Crippen LogP contribution in [-0.4, -0.2) is 17.3 Å². The lowest BCUT2D eigenvalue weighted by molar-refractivity contribution is -0.269. The van der Waals surface area contributed by atoms with E-state index in [4.69, 9.17) is 5.11 Å². The van der Waals surface area contributed by atoms with Gasteiger partial charge in [-0.3, -0.25) is 5.43 Å². The maximum Gasteiger partial charge on any atom is 0.335 e. The van der Waals surface area contributed by atoms with Crippen molar-refractivity contribution in [2.24, 2.45) is 5.10 Å². The van der Waals surface area contributed by atoms with E-state index < -0.39 is 5.97 Å². The summed E-state index contributed by atoms with van der Waals surface area (Å²) in [6, 6.07) is 9.44. The Hall–Kier alpha value is -1.86. The molecule has 21 heavy (non-hydrogen) atoms. The lowest BCUT2D eigenvalue weighted by atomic mass is 10.2. The van der Waals surface area contributed by atoms with E-state index >= 15 is 0 Å². The van der Waals surface area contributed by atoms with Gasteiger partial charge in [-0.1, -0.05) is 37.6 Å². The molecule has 0 atom stereocenters. The molecule has 0 bridgehead atoms. The average molecular weight is 413 g/mol. The number of rotatable bonds is 4. The molecule has 5 nitrogen and oxygen atoms in total. The molecule has 0 aromatic heterocycles. The molecule has 0 unspecified atom stereocenters. The van der Waals surface area contributed by atoms with Gasteiger partial charge in [-0.05, 0) is 42.0 Å². The zero-order chi connectivity index (χ0) is 15.4. The van der Waals surface area contributed by atoms with Crippen molar-refractivity contribution in [2.45, 2.75) is 0 Å². The third-order valence-corrected chi connectivity index (χ3v) is 3.61. The van der Waals surface area contributed by atoms with E-state index in [9.17, 15) is 9.90 Å². The quantitative estimate of drug-likeness (QED) is 0.595. The highest BCUT2D eigenvalue weighted by Gasteiger charge is 2.01. The first-order valence-corrected chi connectivity index (χ1v) is 7.34. The predicted octanol–water partition coefficient (Wildman–Crippen LogP) is 3.43. The number of carboxylic acids is 1. The average Bonchev–Trinajstić information content (AvgIpc) is 2.44. The van der Waals surface area contributed by atoms with Gasteiger partial charge in [0.15, 0.2) is 0 Å². The molecular weight excluding hydrogens is 404 g/mol. The van der Waals surface area contributed by atoms with Crippen LogP contribution in [0.2, 0.25) is 0 Å². The van der Waals surface area contributed by atoms with E-state index in [1.54, 1.807) is 24.3 Å². The van der Waals surface area contributed by atoms with E-state index in [1.807, 2.05) is 0 Å². The summed E-state index contributed by atoms with van der Waals surface area (Å²) < 4.78 is 1.21. The largest absolute Gasteiger partial charge is 0.871 e. The third-order valence-electron chi connectivity index (χ3n) is 2.57. The molecule has 0 radical (unpaired) electrons. The van der Waals surface area contributed by atoms with Gasteiger partial charge in [0.1, 0.15) is 0 Å². The smallest absolute Gasteiger partial charge is 0.335 e. The summed E-state index contributed by atoms with van der Waals surface area (Å²) >= 11 is 6.47. The molecule has 7 heteroatoms. The van der Waals surface area contributed by atoms with Crippen LogP contribution in [0.15, 0.2) is 50.4 Å². The molecule has 2 rings (SSSR count). The van der Waals surface area contributed by atoms with Crippen molar-refractivity contribution in [3.8, 4) is 5.75 Å². The van der Waals surface area contributed by atoms with Crippen molar-refractivity contribution in [1.82, 2.24) is 0 Å². The number of aromatic carboxylic acids is 1. The maximum atomic E-state index is 11.8. The van der Waals surface area contributed by atoms with Gasteiger partial charge >= 0.3 is 5.97 Å². The van der Waals surface area contributed by atoms with Crippen LogP contribution in [0.3, 0.4) is 0 Å². The summed E-state index contributed by atoms with van der Waals surface area (Å²) in [5.41, 5.74) is 3.97. The van der Waals surface area contributed by atoms with E-state index in [2.05, 4.69) is 42.4 Å². The van der Waals surface area contributed by atoms with Crippen molar-refractivity contribution in [2.75, 3.05) is 5.43 Å². The molecule has 2 N–H and O–H groups in total. The Morgan fingerprint density at radius 3 is 2.52 bits per heavy atom. The van der Waals surface area contributed by atoms with E-state index in [-0.39, 0.29) is 11.3 Å². The fourth-order valence-electron chi connectivity index (χ4n) is 1.54. The lowest BCUT2D eigenvalue weighted by Gasteiger charge is -2.13. The number of halogens is 2. The van der Waals surface area contributed by atoms with Crippen LogP contribution in [0.4, 0.5) is 5.69 Å². The Kier molecular flexibility index (Phi) is 4.98. The van der Waals surface area contributed by atoms with Gasteiger partial charge in [0.25, 0.3) is 0 Å². The van der Waals surface area contributed by atoms with E-state index in [0.717, 1.165) is 4.47 Å². The molecule has 0 amide bonds. The van der Waals surface area contributed by atoms with Gasteiger partial charge in [0, 0.05) is 8.95 Å². The summed E-state index contributed by atoms with van der Waals surface area (Å²) in [7, 11) is 0. The van der Waals surface area contributed by atoms with Crippen LogP contribution in [0, 0.1) is 0 Å². The zero-order valence-corrected chi connectivity index (χ0v) is 13.7. The molecule has 2 aromatic rings. The summed E-state index contributed by atoms with van der Waals surface area (Å²) in [5, 5.41) is 24.6. The number of benzene rings is 2. The third kappa shape index (κ3) is 4.05. The second-order valence-electron chi connectivity index (χ2n) is 4.06. The summed E-state index contributed by atoms with van der Waals surface area (Å²) in [6.07, 6.45) is 1.41. The summed E-state index contributed by atoms with van der Waals surface area (Å²) in [5.74, 6) is -1.15. The minimum absolute atomic E-state index is 0.162. The van der Waals surface area contributed by atoms with E-state index in [0.29, 0.717) is 15.7 Å². The van der Waals surface area contributed by atoms with Crippen LogP contribution in [0.5, 0.6) is 5.75 Å². The van der Waals surface area contributed by atoms with Gasteiger partial charge in [-0.15, -0.1) is 0 Å². The molecular formula is C14H9Br2N2O3-. The van der Waals surface area contributed by atoms with Crippen LogP contribution >= 0.6 is 31.9 Å². The number of carbonyl (C=O) groups is 1. The van der Waals surface area contributed by atoms with Crippen LogP contribution < -0.4 is 10.5 Å². The van der Waals surface area contributed by atoms with Crippen molar-refractivity contribution in [3.05, 3.63) is 56.5 Å². The Labute approximate surface area is 137 Å². The topological polar surface area (TPSA) is 84.8 Å². The molecule has 0 fully saturated rings. The highest BCUT2D eigenvalue weighted by molar-refractivity contribution is 9.11. The van der Waals surface area contributed by atoms with Gasteiger partial charge in [0.2, 0.25) is 0 Å². The Morgan fingerprint density at radius 2 is 1.90 bits per heavy atom. The first-order chi connectivity index (χ1) is 9.97. The first kappa shape index (κ1) is 15.5. The number of hydrazone groups is 1. The number of nitrogens with one attached hydrogen (secondary N) is 1. The van der Waals surface area contributed by atoms with Crippen molar-refractivity contribution in [3.63, 3.8) is 0 Å². The lowest BCUT2D eigenvalue weighted by Crippen LogP contribution is -1.99. The number of hydrogen-bond acceptors (Lipinski definition) is 4. The summed E-state index contributed by atoms with van der Waals surface area (Å²) in [4.78, 5) is 10.7. The SMILES string of the molecule is O=C(O)c1ccc(N/N=C/c2cc(Br)cc(Br)c2[O-])cc1. The molecule has 2 aromatic carbocycles. The minimum atomic E-state index is -0.986. The Balaban J connectivity index is 2.10. The second kappa shape index (κ2) is 6.73. The van der Waals surface area contributed by atoms with Crippen LogP contribution in [-0.2, 0) is 0 Å². The Bertz CT molecular complexity index is 700. The molecule has 0 aliphatic heterocycles. The zero-order valence-electron chi connectivity index (χ0n) is 10.5. The van der Waals surface area contributed by atoms with Crippen LogP contribution in [0.1, 0.15) is 15.9 Å². The minimum Gasteiger partial charge on any atom is -0.871 e. The number of hydrogen-bond donors (Lipinski definition) is 2. The molecule has 0 spiro atoms. The number of nitrogens with zero attached hydrogens (tertiary/aromatic N) is 1. The highest BCUT2D eigenvalue weighted by atomic mass is 79.9. The van der Waals surface area contributed by atoms with E-state index in [1.165, 1.54) is 18.3 Å². The Morgan fingerprint density at radius 1 is 1.24 bits per heavy atom. The van der Waals surface area contributed by atoms with Crippen LogP contribution in [0.25, 0.3) is 0 Å². The second-order valence-corrected chi connectivity index (χ2v) is 5.83. The molecule has 0 heterocycles. The predicted molar refractivity (Wildman–Crippen MR) is 85.9 cm³/mol. The number of anilines is 1. The van der Waals surface area contributed by atoms with Crippen molar-refractivity contribution in [1.29, 1.82) is 0 Å². The maximum absolute atomic E-state index is 11.8.